The molecule has 0 saturated heterocycles. The molecule has 0 radical (unpaired) electrons. The van der Waals surface area contributed by atoms with Gasteiger partial charge in [0.05, 0.1) is 6.42 Å². The standard InChI is InChI=1S/C12H11ClO3/c1-7(5-11(14)15)9-4-2-3-8-6-10(13)16-12(8)9/h2-4,6-7H,5H2,1H3,(H,14,15). The van der Waals surface area contributed by atoms with Gasteiger partial charge in [0.15, 0.2) is 5.22 Å². The number of hydrogen-bond donors (Lipinski definition) is 1. The smallest absolute Gasteiger partial charge is 0.303 e. The summed E-state index contributed by atoms with van der Waals surface area (Å²) in [5.74, 6) is -0.912. The van der Waals surface area contributed by atoms with Gasteiger partial charge in [0.25, 0.3) is 0 Å². The van der Waals surface area contributed by atoms with Crippen LogP contribution in [0, 0.1) is 0 Å². The van der Waals surface area contributed by atoms with E-state index in [4.69, 9.17) is 21.1 Å². The Labute approximate surface area is 97.6 Å². The number of fused-ring (bicyclic) bond motifs is 1. The lowest BCUT2D eigenvalue weighted by Crippen LogP contribution is -2.02. The third-order valence-corrected chi connectivity index (χ3v) is 2.74. The number of hydrogen-bond acceptors (Lipinski definition) is 2. The Kier molecular flexibility index (Phi) is 2.88. The molecule has 3 nitrogen and oxygen atoms in total. The average Bonchev–Trinajstić information content (AvgIpc) is 2.55. The van der Waals surface area contributed by atoms with Gasteiger partial charge in [-0.15, -0.1) is 0 Å². The van der Waals surface area contributed by atoms with Crippen LogP contribution in [0.3, 0.4) is 0 Å². The molecule has 4 heteroatoms. The Bertz CT molecular complexity index is 530. The minimum Gasteiger partial charge on any atom is -0.481 e. The molecular formula is C12H11ClO3. The molecule has 1 heterocycles. The van der Waals surface area contributed by atoms with Crippen LogP contribution >= 0.6 is 11.6 Å². The lowest BCUT2D eigenvalue weighted by Gasteiger charge is -2.08. The molecular weight excluding hydrogens is 228 g/mol. The van der Waals surface area contributed by atoms with Crippen LogP contribution in [-0.4, -0.2) is 11.1 Å². The lowest BCUT2D eigenvalue weighted by atomic mass is 9.96. The normalized spacial score (nSPS) is 12.9. The highest BCUT2D eigenvalue weighted by Gasteiger charge is 2.15. The number of aliphatic carboxylic acids is 1. The summed E-state index contributed by atoms with van der Waals surface area (Å²) in [5.41, 5.74) is 1.56. The Morgan fingerprint density at radius 1 is 1.56 bits per heavy atom. The molecule has 1 aromatic carbocycles. The Hall–Kier alpha value is -1.48. The Morgan fingerprint density at radius 3 is 3.00 bits per heavy atom. The molecule has 1 unspecified atom stereocenters. The Morgan fingerprint density at radius 2 is 2.31 bits per heavy atom. The minimum atomic E-state index is -0.817. The Balaban J connectivity index is 2.47. The summed E-state index contributed by atoms with van der Waals surface area (Å²) in [7, 11) is 0. The topological polar surface area (TPSA) is 50.4 Å². The van der Waals surface area contributed by atoms with Crippen LogP contribution in [0.5, 0.6) is 0 Å². The second-order valence-corrected chi connectivity index (χ2v) is 4.19. The van der Waals surface area contributed by atoms with Crippen molar-refractivity contribution in [3.05, 3.63) is 35.0 Å². The van der Waals surface area contributed by atoms with Gasteiger partial charge >= 0.3 is 5.97 Å². The predicted octanol–water partition coefficient (Wildman–Crippen LogP) is 3.66. The molecule has 84 valence electrons. The van der Waals surface area contributed by atoms with E-state index in [1.165, 1.54) is 0 Å². The molecule has 0 spiro atoms. The number of carboxylic acid groups (broad SMARTS) is 1. The van der Waals surface area contributed by atoms with Gasteiger partial charge in [0, 0.05) is 11.5 Å². The van der Waals surface area contributed by atoms with Crippen LogP contribution in [0.15, 0.2) is 28.7 Å². The fourth-order valence-electron chi connectivity index (χ4n) is 1.81. The van der Waals surface area contributed by atoms with E-state index in [2.05, 4.69) is 0 Å². The molecule has 2 rings (SSSR count). The fourth-order valence-corrected chi connectivity index (χ4v) is 2.01. The largest absolute Gasteiger partial charge is 0.481 e. The zero-order valence-electron chi connectivity index (χ0n) is 8.74. The summed E-state index contributed by atoms with van der Waals surface area (Å²) in [6, 6.07) is 7.37. The number of furan rings is 1. The van der Waals surface area contributed by atoms with Crippen molar-refractivity contribution in [1.29, 1.82) is 0 Å². The van der Waals surface area contributed by atoms with Crippen LogP contribution in [0.25, 0.3) is 11.0 Å². The third-order valence-electron chi connectivity index (χ3n) is 2.56. The molecule has 16 heavy (non-hydrogen) atoms. The van der Waals surface area contributed by atoms with Gasteiger partial charge in [0.1, 0.15) is 5.58 Å². The molecule has 1 N–H and O–H groups in total. The first-order valence-electron chi connectivity index (χ1n) is 4.97. The number of rotatable bonds is 3. The van der Waals surface area contributed by atoms with Crippen molar-refractivity contribution in [2.75, 3.05) is 0 Å². The first-order valence-corrected chi connectivity index (χ1v) is 5.35. The van der Waals surface area contributed by atoms with Crippen molar-refractivity contribution in [3.63, 3.8) is 0 Å². The van der Waals surface area contributed by atoms with Crippen molar-refractivity contribution in [2.24, 2.45) is 0 Å². The highest BCUT2D eigenvalue weighted by atomic mass is 35.5. The van der Waals surface area contributed by atoms with Crippen molar-refractivity contribution >= 4 is 28.5 Å². The molecule has 0 aliphatic rings. The van der Waals surface area contributed by atoms with E-state index < -0.39 is 5.97 Å². The fraction of sp³-hybridized carbons (Fsp3) is 0.250. The van der Waals surface area contributed by atoms with Crippen LogP contribution in [0.2, 0.25) is 5.22 Å². The van der Waals surface area contributed by atoms with E-state index in [1.54, 1.807) is 6.07 Å². The highest BCUT2D eigenvalue weighted by molar-refractivity contribution is 6.29. The van der Waals surface area contributed by atoms with Gasteiger partial charge in [-0.2, -0.15) is 0 Å². The summed E-state index contributed by atoms with van der Waals surface area (Å²) in [4.78, 5) is 10.7. The summed E-state index contributed by atoms with van der Waals surface area (Å²) in [5, 5.41) is 9.99. The summed E-state index contributed by atoms with van der Waals surface area (Å²) < 4.78 is 5.37. The number of carbonyl (C=O) groups is 1. The molecule has 1 aromatic heterocycles. The zero-order valence-corrected chi connectivity index (χ0v) is 9.49. The molecule has 0 amide bonds. The molecule has 0 aliphatic heterocycles. The number of para-hydroxylation sites is 1. The third kappa shape index (κ3) is 2.04. The van der Waals surface area contributed by atoms with Crippen molar-refractivity contribution < 1.29 is 14.3 Å². The molecule has 0 saturated carbocycles. The van der Waals surface area contributed by atoms with E-state index >= 15 is 0 Å². The van der Waals surface area contributed by atoms with Gasteiger partial charge in [-0.05, 0) is 23.1 Å². The second-order valence-electron chi connectivity index (χ2n) is 3.82. The molecule has 0 aliphatic carbocycles. The first kappa shape index (κ1) is 11.0. The average molecular weight is 239 g/mol. The minimum absolute atomic E-state index is 0.0808. The maximum atomic E-state index is 10.7. The first-order chi connectivity index (χ1) is 7.58. The van der Waals surface area contributed by atoms with Crippen LogP contribution in [0.4, 0.5) is 0 Å². The summed E-state index contributed by atoms with van der Waals surface area (Å²) in [6.07, 6.45) is 0.0808. The highest BCUT2D eigenvalue weighted by Crippen LogP contribution is 2.31. The van der Waals surface area contributed by atoms with Gasteiger partial charge in [-0.3, -0.25) is 4.79 Å². The van der Waals surface area contributed by atoms with Gasteiger partial charge in [-0.25, -0.2) is 0 Å². The molecule has 2 aromatic rings. The maximum absolute atomic E-state index is 10.7. The monoisotopic (exact) mass is 238 g/mol. The summed E-state index contributed by atoms with van der Waals surface area (Å²) in [6.45, 7) is 1.86. The number of halogens is 1. The van der Waals surface area contributed by atoms with Crippen LogP contribution < -0.4 is 0 Å². The number of benzene rings is 1. The molecule has 1 atom stereocenters. The zero-order chi connectivity index (χ0) is 11.7. The van der Waals surface area contributed by atoms with Crippen molar-refractivity contribution in [2.45, 2.75) is 19.3 Å². The van der Waals surface area contributed by atoms with E-state index in [0.29, 0.717) is 10.8 Å². The van der Waals surface area contributed by atoms with Gasteiger partial charge in [-0.1, -0.05) is 25.1 Å². The van der Waals surface area contributed by atoms with Crippen molar-refractivity contribution in [1.82, 2.24) is 0 Å². The van der Waals surface area contributed by atoms with Gasteiger partial charge in [0.2, 0.25) is 0 Å². The van der Waals surface area contributed by atoms with E-state index in [1.807, 2.05) is 25.1 Å². The van der Waals surface area contributed by atoms with Crippen LogP contribution in [0.1, 0.15) is 24.8 Å². The number of carboxylic acids is 1. The molecule has 0 fully saturated rings. The second kappa shape index (κ2) is 4.18. The van der Waals surface area contributed by atoms with Gasteiger partial charge < -0.3 is 9.52 Å². The van der Waals surface area contributed by atoms with Crippen LogP contribution in [-0.2, 0) is 4.79 Å². The lowest BCUT2D eigenvalue weighted by molar-refractivity contribution is -0.137. The quantitative estimate of drug-likeness (QED) is 0.888. The molecule has 0 bridgehead atoms. The van der Waals surface area contributed by atoms with Crippen molar-refractivity contribution in [3.8, 4) is 0 Å². The predicted molar refractivity (Wildman–Crippen MR) is 61.9 cm³/mol. The maximum Gasteiger partial charge on any atom is 0.303 e. The van der Waals surface area contributed by atoms with E-state index in [-0.39, 0.29) is 12.3 Å². The van der Waals surface area contributed by atoms with E-state index in [9.17, 15) is 4.79 Å². The van der Waals surface area contributed by atoms with E-state index in [0.717, 1.165) is 10.9 Å². The SMILES string of the molecule is CC(CC(=O)O)c1cccc2cc(Cl)oc12. The summed E-state index contributed by atoms with van der Waals surface area (Å²) >= 11 is 5.78.